The van der Waals surface area contributed by atoms with Crippen LogP contribution in [0.1, 0.15) is 18.4 Å². The Balaban J connectivity index is 1.55. The summed E-state index contributed by atoms with van der Waals surface area (Å²) in [6.45, 7) is 0.337. The molecule has 0 saturated carbocycles. The van der Waals surface area contributed by atoms with Crippen molar-refractivity contribution in [1.29, 1.82) is 0 Å². The highest BCUT2D eigenvalue weighted by Gasteiger charge is 2.32. The zero-order chi connectivity index (χ0) is 19.4. The summed E-state index contributed by atoms with van der Waals surface area (Å²) in [4.78, 5) is 12.2. The third kappa shape index (κ3) is 4.70. The Morgan fingerprint density at radius 2 is 1.70 bits per heavy atom. The predicted molar refractivity (Wildman–Crippen MR) is 94.1 cm³/mol. The number of nitrogens with zero attached hydrogens (tertiary/aromatic N) is 1. The quantitative estimate of drug-likeness (QED) is 0.730. The lowest BCUT2D eigenvalue weighted by Gasteiger charge is -2.30. The second kappa shape index (κ2) is 8.14. The minimum Gasteiger partial charge on any atom is -0.461 e. The van der Waals surface area contributed by atoms with E-state index in [2.05, 4.69) is 0 Å². The van der Waals surface area contributed by atoms with Crippen molar-refractivity contribution < 1.29 is 26.7 Å². The van der Waals surface area contributed by atoms with Crippen molar-refractivity contribution >= 4 is 16.0 Å². The van der Waals surface area contributed by atoms with Crippen molar-refractivity contribution in [3.05, 3.63) is 65.7 Å². The number of sulfonamides is 1. The summed E-state index contributed by atoms with van der Waals surface area (Å²) in [5.74, 6) is -1.73. The van der Waals surface area contributed by atoms with Crippen molar-refractivity contribution in [3.8, 4) is 0 Å². The van der Waals surface area contributed by atoms with Gasteiger partial charge in [-0.25, -0.2) is 17.2 Å². The van der Waals surface area contributed by atoms with Crippen molar-refractivity contribution in [2.24, 2.45) is 5.92 Å². The summed E-state index contributed by atoms with van der Waals surface area (Å²) in [5.41, 5.74) is 0.555. The maximum Gasteiger partial charge on any atom is 0.309 e. The van der Waals surface area contributed by atoms with Gasteiger partial charge in [0.05, 0.1) is 10.8 Å². The van der Waals surface area contributed by atoms with Gasteiger partial charge in [0.1, 0.15) is 18.2 Å². The SMILES string of the molecule is O=C(OCc1cccc(F)c1)C1CCN(S(=O)(=O)c2ccc(F)cc2)CC1. The molecule has 0 spiro atoms. The Bertz CT molecular complexity index is 908. The lowest BCUT2D eigenvalue weighted by Crippen LogP contribution is -2.40. The Kier molecular flexibility index (Phi) is 5.86. The summed E-state index contributed by atoms with van der Waals surface area (Å²) in [6.07, 6.45) is 0.671. The maximum atomic E-state index is 13.1. The van der Waals surface area contributed by atoms with Crippen LogP contribution in [0.25, 0.3) is 0 Å². The summed E-state index contributed by atoms with van der Waals surface area (Å²) >= 11 is 0. The minimum absolute atomic E-state index is 0.0231. The number of rotatable bonds is 5. The highest BCUT2D eigenvalue weighted by atomic mass is 32.2. The van der Waals surface area contributed by atoms with E-state index < -0.39 is 33.5 Å². The van der Waals surface area contributed by atoms with E-state index in [1.807, 2.05) is 0 Å². The second-order valence-electron chi connectivity index (χ2n) is 6.37. The molecule has 0 radical (unpaired) electrons. The van der Waals surface area contributed by atoms with E-state index in [-0.39, 0.29) is 24.6 Å². The minimum atomic E-state index is -3.72. The average Bonchev–Trinajstić information content (AvgIpc) is 2.66. The number of piperidine rings is 1. The van der Waals surface area contributed by atoms with E-state index >= 15 is 0 Å². The number of carbonyl (C=O) groups is 1. The molecule has 8 heteroatoms. The van der Waals surface area contributed by atoms with Crippen LogP contribution in [0.4, 0.5) is 8.78 Å². The van der Waals surface area contributed by atoms with E-state index in [1.165, 1.54) is 34.6 Å². The largest absolute Gasteiger partial charge is 0.461 e. The van der Waals surface area contributed by atoms with Crippen LogP contribution in [0.2, 0.25) is 0 Å². The molecule has 5 nitrogen and oxygen atoms in total. The van der Waals surface area contributed by atoms with Crippen LogP contribution in [0.15, 0.2) is 53.4 Å². The molecule has 27 heavy (non-hydrogen) atoms. The lowest BCUT2D eigenvalue weighted by atomic mass is 9.98. The number of benzene rings is 2. The Hall–Kier alpha value is -2.32. The molecule has 0 unspecified atom stereocenters. The Morgan fingerprint density at radius 1 is 1.04 bits per heavy atom. The molecular formula is C19H19F2NO4S. The van der Waals surface area contributed by atoms with Gasteiger partial charge in [-0.05, 0) is 54.8 Å². The van der Waals surface area contributed by atoms with E-state index in [9.17, 15) is 22.0 Å². The van der Waals surface area contributed by atoms with E-state index in [1.54, 1.807) is 6.07 Å². The first-order valence-corrected chi connectivity index (χ1v) is 9.97. The third-order valence-corrected chi connectivity index (χ3v) is 6.42. The number of hydrogen-bond donors (Lipinski definition) is 0. The highest BCUT2D eigenvalue weighted by molar-refractivity contribution is 7.89. The van der Waals surface area contributed by atoms with Crippen molar-refractivity contribution in [3.63, 3.8) is 0 Å². The third-order valence-electron chi connectivity index (χ3n) is 4.51. The van der Waals surface area contributed by atoms with Gasteiger partial charge in [0.25, 0.3) is 0 Å². The lowest BCUT2D eigenvalue weighted by molar-refractivity contribution is -0.151. The molecule has 1 saturated heterocycles. The monoisotopic (exact) mass is 395 g/mol. The molecule has 0 aliphatic carbocycles. The van der Waals surface area contributed by atoms with Crippen LogP contribution < -0.4 is 0 Å². The topological polar surface area (TPSA) is 63.7 Å². The molecule has 1 fully saturated rings. The Labute approximate surface area is 156 Å². The number of ether oxygens (including phenoxy) is 1. The summed E-state index contributed by atoms with van der Waals surface area (Å²) in [6, 6.07) is 10.5. The Morgan fingerprint density at radius 3 is 2.33 bits per heavy atom. The molecule has 144 valence electrons. The maximum absolute atomic E-state index is 13.1. The van der Waals surface area contributed by atoms with Crippen LogP contribution in [-0.2, 0) is 26.2 Å². The molecule has 0 atom stereocenters. The normalized spacial score (nSPS) is 16.2. The molecule has 0 amide bonds. The van der Waals surface area contributed by atoms with Crippen LogP contribution in [0, 0.1) is 17.6 Å². The second-order valence-corrected chi connectivity index (χ2v) is 8.31. The molecule has 0 bridgehead atoms. The first kappa shape index (κ1) is 19.4. The molecule has 1 aliphatic heterocycles. The summed E-state index contributed by atoms with van der Waals surface area (Å²) in [5, 5.41) is 0. The van der Waals surface area contributed by atoms with Crippen LogP contribution in [0.5, 0.6) is 0 Å². The van der Waals surface area contributed by atoms with Crippen LogP contribution in [-0.4, -0.2) is 31.8 Å². The van der Waals surface area contributed by atoms with Gasteiger partial charge >= 0.3 is 5.97 Å². The number of carbonyl (C=O) groups excluding carboxylic acids is 1. The molecular weight excluding hydrogens is 376 g/mol. The van der Waals surface area contributed by atoms with Crippen LogP contribution in [0.3, 0.4) is 0 Å². The number of hydrogen-bond acceptors (Lipinski definition) is 4. The van der Waals surface area contributed by atoms with Gasteiger partial charge in [-0.15, -0.1) is 0 Å². The first-order chi connectivity index (χ1) is 12.9. The molecule has 2 aromatic rings. The van der Waals surface area contributed by atoms with Gasteiger partial charge in [-0.2, -0.15) is 4.31 Å². The van der Waals surface area contributed by atoms with Gasteiger partial charge in [-0.3, -0.25) is 4.79 Å². The van der Waals surface area contributed by atoms with Crippen molar-refractivity contribution in [2.45, 2.75) is 24.3 Å². The zero-order valence-electron chi connectivity index (χ0n) is 14.5. The summed E-state index contributed by atoms with van der Waals surface area (Å²) < 4.78 is 57.8. The van der Waals surface area contributed by atoms with Crippen LogP contribution >= 0.6 is 0 Å². The first-order valence-electron chi connectivity index (χ1n) is 8.53. The highest BCUT2D eigenvalue weighted by Crippen LogP contribution is 2.25. The van der Waals surface area contributed by atoms with Crippen molar-refractivity contribution in [1.82, 2.24) is 4.31 Å². The fourth-order valence-electron chi connectivity index (χ4n) is 2.99. The molecule has 0 aromatic heterocycles. The van der Waals surface area contributed by atoms with Crippen molar-refractivity contribution in [2.75, 3.05) is 13.1 Å². The van der Waals surface area contributed by atoms with E-state index in [0.717, 1.165) is 12.1 Å². The predicted octanol–water partition coefficient (Wildman–Crippen LogP) is 3.11. The standard InChI is InChI=1S/C19H19F2NO4S/c20-16-4-6-18(7-5-16)27(24,25)22-10-8-15(9-11-22)19(23)26-13-14-2-1-3-17(21)12-14/h1-7,12,15H,8-11,13H2. The number of esters is 1. The average molecular weight is 395 g/mol. The van der Waals surface area contributed by atoms with Gasteiger partial charge in [0.15, 0.2) is 0 Å². The van der Waals surface area contributed by atoms with Gasteiger partial charge in [0.2, 0.25) is 10.0 Å². The molecule has 1 aliphatic rings. The molecule has 3 rings (SSSR count). The fourth-order valence-corrected chi connectivity index (χ4v) is 4.46. The smallest absolute Gasteiger partial charge is 0.309 e. The van der Waals surface area contributed by atoms with E-state index in [0.29, 0.717) is 18.4 Å². The van der Waals surface area contributed by atoms with Gasteiger partial charge < -0.3 is 4.74 Å². The molecule has 1 heterocycles. The summed E-state index contributed by atoms with van der Waals surface area (Å²) in [7, 11) is -3.72. The molecule has 2 aromatic carbocycles. The number of halogens is 2. The fraction of sp³-hybridized carbons (Fsp3) is 0.316. The zero-order valence-corrected chi connectivity index (χ0v) is 15.3. The molecule has 0 N–H and O–H groups in total. The van der Waals surface area contributed by atoms with Gasteiger partial charge in [0, 0.05) is 13.1 Å². The van der Waals surface area contributed by atoms with E-state index in [4.69, 9.17) is 4.74 Å². The van der Waals surface area contributed by atoms with Gasteiger partial charge in [-0.1, -0.05) is 12.1 Å².